The number of aromatic carboxylic acids is 1. The van der Waals surface area contributed by atoms with Crippen molar-refractivity contribution in [2.24, 2.45) is 0 Å². The van der Waals surface area contributed by atoms with Gasteiger partial charge in [0, 0.05) is 17.0 Å². The Labute approximate surface area is 120 Å². The molecule has 5 heteroatoms. The molecule has 1 aliphatic carbocycles. The molecule has 0 amide bonds. The summed E-state index contributed by atoms with van der Waals surface area (Å²) >= 11 is 0. The summed E-state index contributed by atoms with van der Waals surface area (Å²) in [6, 6.07) is 4.04. The Bertz CT molecular complexity index is 788. The number of carbonyl (C=O) groups is 1. The van der Waals surface area contributed by atoms with Crippen LogP contribution in [0.25, 0.3) is 10.9 Å². The lowest BCUT2D eigenvalue weighted by molar-refractivity contribution is 0.0681. The predicted octanol–water partition coefficient (Wildman–Crippen LogP) is 3.26. The molecule has 4 nitrogen and oxygen atoms in total. The van der Waals surface area contributed by atoms with E-state index in [2.05, 4.69) is 0 Å². The van der Waals surface area contributed by atoms with Crippen LogP contribution in [0.4, 0.5) is 4.39 Å². The van der Waals surface area contributed by atoms with Crippen LogP contribution in [0.15, 0.2) is 23.0 Å². The van der Waals surface area contributed by atoms with E-state index in [1.54, 1.807) is 4.57 Å². The molecule has 1 saturated carbocycles. The van der Waals surface area contributed by atoms with Gasteiger partial charge in [0.2, 0.25) is 0 Å². The van der Waals surface area contributed by atoms with Crippen molar-refractivity contribution in [3.8, 4) is 0 Å². The van der Waals surface area contributed by atoms with E-state index in [1.165, 1.54) is 25.1 Å². The molecule has 0 radical (unpaired) electrons. The maximum absolute atomic E-state index is 13.5. The van der Waals surface area contributed by atoms with E-state index in [0.29, 0.717) is 5.52 Å². The molecular weight excluding hydrogens is 273 g/mol. The number of hydrogen-bond acceptors (Lipinski definition) is 2. The normalized spacial score (nSPS) is 15.7. The second-order valence-electron chi connectivity index (χ2n) is 5.58. The van der Waals surface area contributed by atoms with Gasteiger partial charge in [-0.1, -0.05) is 12.8 Å². The van der Waals surface area contributed by atoms with Crippen molar-refractivity contribution in [1.82, 2.24) is 4.57 Å². The van der Waals surface area contributed by atoms with Crippen LogP contribution in [0.1, 0.15) is 47.8 Å². The maximum Gasteiger partial charge on any atom is 0.352 e. The monoisotopic (exact) mass is 289 g/mol. The Hall–Kier alpha value is -2.17. The number of carboxylic acids is 1. The lowest BCUT2D eigenvalue weighted by Gasteiger charge is -2.22. The quantitative estimate of drug-likeness (QED) is 0.923. The Balaban J connectivity index is 2.45. The van der Waals surface area contributed by atoms with Gasteiger partial charge in [-0.05, 0) is 38.0 Å². The molecule has 3 rings (SSSR count). The van der Waals surface area contributed by atoms with Gasteiger partial charge in [-0.25, -0.2) is 9.18 Å². The second kappa shape index (κ2) is 4.98. The van der Waals surface area contributed by atoms with Crippen molar-refractivity contribution < 1.29 is 14.3 Å². The lowest BCUT2D eigenvalue weighted by Crippen LogP contribution is -2.24. The summed E-state index contributed by atoms with van der Waals surface area (Å²) in [6.45, 7) is 1.50. The lowest BCUT2D eigenvalue weighted by atomic mass is 10.1. The van der Waals surface area contributed by atoms with Gasteiger partial charge in [-0.3, -0.25) is 4.79 Å². The van der Waals surface area contributed by atoms with Crippen LogP contribution in [0.2, 0.25) is 0 Å². The van der Waals surface area contributed by atoms with E-state index < -0.39 is 17.2 Å². The van der Waals surface area contributed by atoms with Gasteiger partial charge in [-0.2, -0.15) is 0 Å². The number of rotatable bonds is 2. The van der Waals surface area contributed by atoms with Gasteiger partial charge < -0.3 is 9.67 Å². The first kappa shape index (κ1) is 13.8. The highest BCUT2D eigenvalue weighted by molar-refractivity contribution is 5.92. The summed E-state index contributed by atoms with van der Waals surface area (Å²) in [5.74, 6) is -1.59. The van der Waals surface area contributed by atoms with Gasteiger partial charge in [0.1, 0.15) is 11.5 Å². The highest BCUT2D eigenvalue weighted by Crippen LogP contribution is 2.33. The molecule has 21 heavy (non-hydrogen) atoms. The summed E-state index contributed by atoms with van der Waals surface area (Å²) in [4.78, 5) is 24.0. The fourth-order valence-electron chi connectivity index (χ4n) is 3.32. The highest BCUT2D eigenvalue weighted by atomic mass is 19.1. The zero-order valence-corrected chi connectivity index (χ0v) is 11.7. The number of pyridine rings is 1. The standard InChI is InChI=1S/C16H16FNO3/c1-9-14(16(20)21)18(11-4-2-3-5-11)13-7-6-10(17)8-12(13)15(9)19/h6-8,11H,2-5H2,1H3,(H,20,21). The Morgan fingerprint density at radius 1 is 1.33 bits per heavy atom. The van der Waals surface area contributed by atoms with Crippen LogP contribution in [0, 0.1) is 12.7 Å². The molecule has 0 bridgehead atoms. The molecule has 0 saturated heterocycles. The first-order valence-corrected chi connectivity index (χ1v) is 7.08. The molecule has 0 aliphatic heterocycles. The molecule has 0 spiro atoms. The average Bonchev–Trinajstić information content (AvgIpc) is 2.96. The molecule has 1 fully saturated rings. The zero-order valence-electron chi connectivity index (χ0n) is 11.7. The third kappa shape index (κ3) is 2.13. The highest BCUT2D eigenvalue weighted by Gasteiger charge is 2.26. The number of carboxylic acid groups (broad SMARTS) is 1. The minimum atomic E-state index is -1.11. The van der Waals surface area contributed by atoms with E-state index >= 15 is 0 Å². The molecule has 1 aromatic carbocycles. The molecule has 1 N–H and O–H groups in total. The molecular formula is C16H16FNO3. The summed E-state index contributed by atoms with van der Waals surface area (Å²) in [5.41, 5.74) is 0.311. The minimum absolute atomic E-state index is 0.0333. The summed E-state index contributed by atoms with van der Waals surface area (Å²) in [5, 5.41) is 9.77. The van der Waals surface area contributed by atoms with Crippen molar-refractivity contribution in [2.45, 2.75) is 38.6 Å². The zero-order chi connectivity index (χ0) is 15.1. The Kier molecular flexibility index (Phi) is 3.27. The van der Waals surface area contributed by atoms with Crippen LogP contribution in [-0.4, -0.2) is 15.6 Å². The van der Waals surface area contributed by atoms with Crippen molar-refractivity contribution in [3.63, 3.8) is 0 Å². The predicted molar refractivity (Wildman–Crippen MR) is 77.4 cm³/mol. The molecule has 110 valence electrons. The van der Waals surface area contributed by atoms with Gasteiger partial charge >= 0.3 is 5.97 Å². The summed E-state index contributed by atoms with van der Waals surface area (Å²) in [6.07, 6.45) is 3.85. The summed E-state index contributed by atoms with van der Waals surface area (Å²) < 4.78 is 15.2. The van der Waals surface area contributed by atoms with Gasteiger partial charge in [-0.15, -0.1) is 0 Å². The van der Waals surface area contributed by atoms with E-state index in [4.69, 9.17) is 0 Å². The average molecular weight is 289 g/mol. The number of nitrogens with zero attached hydrogens (tertiary/aromatic N) is 1. The molecule has 0 atom stereocenters. The fourth-order valence-corrected chi connectivity index (χ4v) is 3.32. The number of benzene rings is 1. The number of aromatic nitrogens is 1. The smallest absolute Gasteiger partial charge is 0.352 e. The van der Waals surface area contributed by atoms with Crippen molar-refractivity contribution in [3.05, 3.63) is 45.5 Å². The molecule has 1 heterocycles. The second-order valence-corrected chi connectivity index (χ2v) is 5.58. The number of halogens is 1. The van der Waals surface area contributed by atoms with Crippen LogP contribution in [0.3, 0.4) is 0 Å². The van der Waals surface area contributed by atoms with Crippen molar-refractivity contribution in [2.75, 3.05) is 0 Å². The summed E-state index contributed by atoms with van der Waals surface area (Å²) in [7, 11) is 0. The van der Waals surface area contributed by atoms with E-state index in [1.807, 2.05) is 0 Å². The molecule has 2 aromatic rings. The van der Waals surface area contributed by atoms with Crippen LogP contribution < -0.4 is 5.43 Å². The van der Waals surface area contributed by atoms with E-state index in [0.717, 1.165) is 25.7 Å². The molecule has 1 aromatic heterocycles. The Morgan fingerprint density at radius 2 is 2.00 bits per heavy atom. The largest absolute Gasteiger partial charge is 0.477 e. The van der Waals surface area contributed by atoms with Crippen molar-refractivity contribution >= 4 is 16.9 Å². The number of fused-ring (bicyclic) bond motifs is 1. The van der Waals surface area contributed by atoms with Crippen LogP contribution in [0.5, 0.6) is 0 Å². The minimum Gasteiger partial charge on any atom is -0.477 e. The fraction of sp³-hybridized carbons (Fsp3) is 0.375. The number of hydrogen-bond donors (Lipinski definition) is 1. The molecule has 1 aliphatic rings. The van der Waals surface area contributed by atoms with Crippen molar-refractivity contribution in [1.29, 1.82) is 0 Å². The molecule has 0 unspecified atom stereocenters. The van der Waals surface area contributed by atoms with Gasteiger partial charge in [0.05, 0.1) is 5.52 Å². The first-order valence-electron chi connectivity index (χ1n) is 7.08. The maximum atomic E-state index is 13.5. The van der Waals surface area contributed by atoms with Gasteiger partial charge in [0.25, 0.3) is 0 Å². The topological polar surface area (TPSA) is 59.3 Å². The SMILES string of the molecule is Cc1c(C(=O)O)n(C2CCCC2)c2ccc(F)cc2c1=O. The van der Waals surface area contributed by atoms with Gasteiger partial charge in [0.15, 0.2) is 5.43 Å². The third-order valence-electron chi connectivity index (χ3n) is 4.29. The van der Waals surface area contributed by atoms with Crippen LogP contribution in [-0.2, 0) is 0 Å². The Morgan fingerprint density at radius 3 is 2.62 bits per heavy atom. The van der Waals surface area contributed by atoms with E-state index in [9.17, 15) is 19.1 Å². The first-order chi connectivity index (χ1) is 10.0. The van der Waals surface area contributed by atoms with E-state index in [-0.39, 0.29) is 22.7 Å². The van der Waals surface area contributed by atoms with Crippen LogP contribution >= 0.6 is 0 Å². The third-order valence-corrected chi connectivity index (χ3v) is 4.29.